The van der Waals surface area contributed by atoms with E-state index in [2.05, 4.69) is 9.97 Å². The van der Waals surface area contributed by atoms with Crippen molar-refractivity contribution in [3.05, 3.63) is 84.7 Å². The molecule has 13 heteroatoms. The van der Waals surface area contributed by atoms with Crippen molar-refractivity contribution in [1.82, 2.24) is 9.97 Å². The molecule has 10 nitrogen and oxygen atoms in total. The summed E-state index contributed by atoms with van der Waals surface area (Å²) >= 11 is 0. The number of nitrogens with zero attached hydrogens (tertiary/aromatic N) is 2. The summed E-state index contributed by atoms with van der Waals surface area (Å²) < 4.78 is 26.9. The minimum atomic E-state index is -1.08. The first-order valence-electron chi connectivity index (χ1n) is 11.1. The van der Waals surface area contributed by atoms with Crippen LogP contribution in [0.5, 0.6) is 11.5 Å². The summed E-state index contributed by atoms with van der Waals surface area (Å²) in [6.45, 7) is 2.92. The van der Waals surface area contributed by atoms with Gasteiger partial charge >= 0.3 is 17.1 Å². The molecule has 0 aliphatic rings. The number of benzene rings is 2. The van der Waals surface area contributed by atoms with Gasteiger partial charge in [-0.3, -0.25) is 9.97 Å². The minimum Gasteiger partial charge on any atom is -0.550 e. The van der Waals surface area contributed by atoms with Crippen LogP contribution in [0, 0.1) is 11.6 Å². The molecule has 0 amide bonds. The van der Waals surface area contributed by atoms with Crippen molar-refractivity contribution in [3.8, 4) is 45.1 Å². The number of hydrogen-bond acceptors (Lipinski definition) is 10. The van der Waals surface area contributed by atoms with Gasteiger partial charge in [0.05, 0.1) is 11.4 Å². The molecule has 0 saturated carbocycles. The van der Waals surface area contributed by atoms with E-state index >= 15 is 0 Å². The minimum absolute atomic E-state index is 0. The quantitative estimate of drug-likeness (QED) is 0.322. The molecule has 41 heavy (non-hydrogen) atoms. The first-order chi connectivity index (χ1) is 18.7. The van der Waals surface area contributed by atoms with Crippen LogP contribution in [-0.4, -0.2) is 38.1 Å². The summed E-state index contributed by atoms with van der Waals surface area (Å²) in [5.41, 5.74) is 3.00. The van der Waals surface area contributed by atoms with Crippen molar-refractivity contribution in [1.29, 1.82) is 0 Å². The topological polar surface area (TPSA) is 187 Å². The number of hydrogen-bond donors (Lipinski definition) is 2. The maximum Gasteiger partial charge on any atom is 3.00 e. The molecule has 0 radical (unpaired) electrons. The van der Waals surface area contributed by atoms with Gasteiger partial charge in [-0.1, -0.05) is 12.1 Å². The van der Waals surface area contributed by atoms with Crippen molar-refractivity contribution < 1.29 is 65.8 Å². The Kier molecular flexibility index (Phi) is 15.6. The smallest absolute Gasteiger partial charge is 0.550 e. The van der Waals surface area contributed by atoms with Crippen molar-refractivity contribution >= 4 is 17.9 Å². The maximum atomic E-state index is 13.4. The molecule has 2 aromatic heterocycles. The largest absolute Gasteiger partial charge is 3.00 e. The molecule has 0 saturated heterocycles. The third-order valence-corrected chi connectivity index (χ3v) is 4.33. The second kappa shape index (κ2) is 17.7. The molecule has 2 N–H and O–H groups in total. The molecule has 0 aliphatic heterocycles. The number of phenols is 2. The Morgan fingerprint density at radius 2 is 0.902 bits per heavy atom. The Balaban J connectivity index is 0.00000105. The predicted molar refractivity (Wildman–Crippen MR) is 134 cm³/mol. The molecular weight excluding hydrogens is 585 g/mol. The van der Waals surface area contributed by atoms with E-state index in [-0.39, 0.29) is 28.6 Å². The van der Waals surface area contributed by atoms with Gasteiger partial charge in [0.25, 0.3) is 0 Å². The van der Waals surface area contributed by atoms with Gasteiger partial charge in [-0.15, -0.1) is 0 Å². The average Bonchev–Trinajstić information content (AvgIpc) is 2.86. The van der Waals surface area contributed by atoms with Crippen LogP contribution in [-0.2, 0) is 31.5 Å². The number of carbonyl (C=O) groups excluding carboxylic acids is 3. The fraction of sp³-hybridized carbons (Fsp3) is 0.107. The first kappa shape index (κ1) is 36.1. The van der Waals surface area contributed by atoms with Crippen LogP contribution in [0.1, 0.15) is 20.8 Å². The zero-order valence-corrected chi connectivity index (χ0v) is 23.0. The van der Waals surface area contributed by atoms with Crippen LogP contribution in [0.15, 0.2) is 73.1 Å². The SMILES string of the molecule is CC(=O)[O-].CC(=O)[O-].CC(=O)[O-].Oc1ccc(F)cc1-c1ccc(-c2ccc(-c3cc(F)ccc3O)cn2)nc1.[Mn+3]. The first-order valence-corrected chi connectivity index (χ1v) is 11.1. The summed E-state index contributed by atoms with van der Waals surface area (Å²) in [4.78, 5) is 35.3. The molecule has 0 atom stereocenters. The molecule has 0 spiro atoms. The van der Waals surface area contributed by atoms with E-state index in [9.17, 15) is 19.0 Å². The van der Waals surface area contributed by atoms with E-state index in [1.54, 1.807) is 24.3 Å². The monoisotopic (exact) mass is 608 g/mol. The standard InChI is InChI=1S/C22H14F2N2O2.3C2H4O2.Mn/c23-15-3-7-21(27)17(9-15)13-1-5-19(25-11-13)20-6-2-14(12-26-20)18-10-16(24)4-8-22(18)28;3*1-2(3)4;/h1-12,27-28H;3*1H3,(H,3,4);/q;;;;+3/p-3. The van der Waals surface area contributed by atoms with Crippen LogP contribution in [0.4, 0.5) is 8.78 Å². The molecule has 0 aliphatic carbocycles. The number of aromatic nitrogens is 2. The van der Waals surface area contributed by atoms with Crippen LogP contribution < -0.4 is 15.3 Å². The number of carboxylic acid groups (broad SMARTS) is 3. The molecule has 4 aromatic rings. The fourth-order valence-electron chi connectivity index (χ4n) is 2.89. The van der Waals surface area contributed by atoms with Gasteiger partial charge in [0.1, 0.15) is 23.1 Å². The normalized spacial score (nSPS) is 9.20. The van der Waals surface area contributed by atoms with E-state index in [1.165, 1.54) is 48.8 Å². The zero-order valence-electron chi connectivity index (χ0n) is 21.8. The molecule has 214 valence electrons. The van der Waals surface area contributed by atoms with Crippen LogP contribution in [0.3, 0.4) is 0 Å². The van der Waals surface area contributed by atoms with Gasteiger partial charge in [0, 0.05) is 52.6 Å². The Morgan fingerprint density at radius 1 is 0.610 bits per heavy atom. The molecule has 2 heterocycles. The van der Waals surface area contributed by atoms with E-state index in [0.717, 1.165) is 20.8 Å². The summed E-state index contributed by atoms with van der Waals surface area (Å²) in [6, 6.07) is 14.3. The Hall–Kier alpha value is -4.87. The van der Waals surface area contributed by atoms with E-state index in [0.29, 0.717) is 33.6 Å². The molecule has 4 rings (SSSR count). The van der Waals surface area contributed by atoms with Gasteiger partial charge in [-0.05, 0) is 69.3 Å². The van der Waals surface area contributed by atoms with Crippen molar-refractivity contribution in [2.45, 2.75) is 20.8 Å². The van der Waals surface area contributed by atoms with Crippen LogP contribution in [0.2, 0.25) is 0 Å². The van der Waals surface area contributed by atoms with Crippen molar-refractivity contribution in [2.75, 3.05) is 0 Å². The Labute approximate surface area is 244 Å². The summed E-state index contributed by atoms with van der Waals surface area (Å²) in [5.74, 6) is -4.22. The van der Waals surface area contributed by atoms with Gasteiger partial charge in [-0.2, -0.15) is 0 Å². The van der Waals surface area contributed by atoms with Crippen molar-refractivity contribution in [2.24, 2.45) is 0 Å². The number of phenolic OH excluding ortho intramolecular Hbond substituents is 2. The third-order valence-electron chi connectivity index (χ3n) is 4.33. The Morgan fingerprint density at radius 3 is 1.15 bits per heavy atom. The molecule has 2 aromatic carbocycles. The second-order valence-electron chi connectivity index (χ2n) is 7.66. The maximum absolute atomic E-state index is 13.4. The Bertz CT molecular complexity index is 1320. The number of carbonyl (C=O) groups is 3. The summed E-state index contributed by atoms with van der Waals surface area (Å²) in [6.07, 6.45) is 3.05. The van der Waals surface area contributed by atoms with E-state index < -0.39 is 29.5 Å². The number of aliphatic carboxylic acids is 3. The predicted octanol–water partition coefficient (Wildman–Crippen LogP) is 1.43. The van der Waals surface area contributed by atoms with Gasteiger partial charge in [0.2, 0.25) is 0 Å². The second-order valence-corrected chi connectivity index (χ2v) is 7.66. The number of halogens is 2. The molecular formula is C28H23F2MnN2O8. The zero-order chi connectivity index (χ0) is 30.4. The number of carboxylic acids is 3. The summed E-state index contributed by atoms with van der Waals surface area (Å²) in [5, 5.41) is 46.5. The van der Waals surface area contributed by atoms with Crippen LogP contribution >= 0.6 is 0 Å². The van der Waals surface area contributed by atoms with E-state index in [1.807, 2.05) is 0 Å². The summed E-state index contributed by atoms with van der Waals surface area (Å²) in [7, 11) is 0. The number of aromatic hydroxyl groups is 2. The molecule has 0 unspecified atom stereocenters. The van der Waals surface area contributed by atoms with Gasteiger partial charge < -0.3 is 39.9 Å². The number of pyridine rings is 2. The van der Waals surface area contributed by atoms with Gasteiger partial charge in [-0.25, -0.2) is 8.78 Å². The van der Waals surface area contributed by atoms with Crippen LogP contribution in [0.25, 0.3) is 33.6 Å². The van der Waals surface area contributed by atoms with Crippen molar-refractivity contribution in [3.63, 3.8) is 0 Å². The molecule has 0 bridgehead atoms. The molecule has 0 fully saturated rings. The average molecular weight is 608 g/mol. The van der Waals surface area contributed by atoms with Gasteiger partial charge in [0.15, 0.2) is 0 Å². The third kappa shape index (κ3) is 13.7. The number of rotatable bonds is 3. The van der Waals surface area contributed by atoms with E-state index in [4.69, 9.17) is 29.7 Å². The fourth-order valence-corrected chi connectivity index (χ4v) is 2.89.